The normalized spacial score (nSPS) is 11.7. The van der Waals surface area contributed by atoms with Crippen LogP contribution in [0.1, 0.15) is 35.0 Å². The molecular weight excluding hydrogens is 324 g/mol. The van der Waals surface area contributed by atoms with Gasteiger partial charge in [0.05, 0.1) is 11.5 Å². The molecule has 1 heterocycles. The molecule has 0 fully saturated rings. The lowest BCUT2D eigenvalue weighted by molar-refractivity contribution is 0.337. The minimum Gasteiger partial charge on any atom is -0.494 e. The van der Waals surface area contributed by atoms with Gasteiger partial charge in [-0.1, -0.05) is 0 Å². The van der Waals surface area contributed by atoms with Crippen LogP contribution in [0, 0.1) is 27.7 Å². The molecule has 5 nitrogen and oxygen atoms in total. The lowest BCUT2D eigenvalue weighted by Crippen LogP contribution is -2.26. The van der Waals surface area contributed by atoms with Crippen molar-refractivity contribution in [3.8, 4) is 5.75 Å². The van der Waals surface area contributed by atoms with E-state index in [1.165, 1.54) is 0 Å². The predicted molar refractivity (Wildman–Crippen MR) is 96.2 cm³/mol. The Morgan fingerprint density at radius 2 is 1.79 bits per heavy atom. The van der Waals surface area contributed by atoms with E-state index in [0.717, 1.165) is 28.3 Å². The molecule has 0 aliphatic heterocycles. The molecule has 24 heavy (non-hydrogen) atoms. The van der Waals surface area contributed by atoms with Crippen LogP contribution in [0.5, 0.6) is 5.75 Å². The Balaban J connectivity index is 2.12. The maximum Gasteiger partial charge on any atom is 0.240 e. The molecule has 132 valence electrons. The van der Waals surface area contributed by atoms with E-state index in [-0.39, 0.29) is 0 Å². The minimum absolute atomic E-state index is 0.311. The van der Waals surface area contributed by atoms with Crippen LogP contribution in [0.3, 0.4) is 0 Å². The zero-order valence-electron chi connectivity index (χ0n) is 15.0. The molecule has 1 aromatic carbocycles. The van der Waals surface area contributed by atoms with Gasteiger partial charge in [-0.05, 0) is 75.9 Å². The van der Waals surface area contributed by atoms with E-state index in [1.54, 1.807) is 19.1 Å². The lowest BCUT2D eigenvalue weighted by atomic mass is 10.1. The molecule has 2 N–H and O–H groups in total. The zero-order chi connectivity index (χ0) is 17.9. The maximum absolute atomic E-state index is 12.6. The molecule has 0 aliphatic carbocycles. The van der Waals surface area contributed by atoms with Gasteiger partial charge in [-0.25, -0.2) is 13.1 Å². The first kappa shape index (κ1) is 18.5. The molecule has 6 heteroatoms. The van der Waals surface area contributed by atoms with E-state index in [2.05, 4.69) is 15.8 Å². The SMILES string of the molecule is CCOc1cc(C)c(S(=O)(=O)NCCc2cc(C)[nH]c2C)cc1C. The van der Waals surface area contributed by atoms with Gasteiger partial charge in [-0.3, -0.25) is 0 Å². The van der Waals surface area contributed by atoms with E-state index in [0.29, 0.717) is 30.0 Å². The Kier molecular flexibility index (Phi) is 5.72. The van der Waals surface area contributed by atoms with Crippen molar-refractivity contribution in [1.82, 2.24) is 9.71 Å². The number of hydrogen-bond donors (Lipinski definition) is 2. The van der Waals surface area contributed by atoms with E-state index < -0.39 is 10.0 Å². The quantitative estimate of drug-likeness (QED) is 0.806. The molecule has 0 radical (unpaired) electrons. The van der Waals surface area contributed by atoms with Crippen LogP contribution in [0.25, 0.3) is 0 Å². The van der Waals surface area contributed by atoms with E-state index in [9.17, 15) is 8.42 Å². The highest BCUT2D eigenvalue weighted by Crippen LogP contribution is 2.25. The van der Waals surface area contributed by atoms with Crippen molar-refractivity contribution >= 4 is 10.0 Å². The zero-order valence-corrected chi connectivity index (χ0v) is 15.8. The molecular formula is C18H26N2O3S. The summed E-state index contributed by atoms with van der Waals surface area (Å²) in [6, 6.07) is 5.51. The average molecular weight is 350 g/mol. The van der Waals surface area contributed by atoms with Crippen LogP contribution in [0.4, 0.5) is 0 Å². The Labute approximate surface area is 144 Å². The summed E-state index contributed by atoms with van der Waals surface area (Å²) in [5.74, 6) is 0.729. The summed E-state index contributed by atoms with van der Waals surface area (Å²) in [7, 11) is -3.54. The van der Waals surface area contributed by atoms with Crippen molar-refractivity contribution in [3.63, 3.8) is 0 Å². The first-order chi connectivity index (χ1) is 11.2. The number of H-pyrrole nitrogens is 1. The van der Waals surface area contributed by atoms with Gasteiger partial charge < -0.3 is 9.72 Å². The van der Waals surface area contributed by atoms with Gasteiger partial charge in [0.15, 0.2) is 0 Å². The van der Waals surface area contributed by atoms with Crippen molar-refractivity contribution in [3.05, 3.63) is 46.3 Å². The van der Waals surface area contributed by atoms with Crippen molar-refractivity contribution in [1.29, 1.82) is 0 Å². The van der Waals surface area contributed by atoms with E-state index in [1.807, 2.05) is 27.7 Å². The Hall–Kier alpha value is -1.79. The van der Waals surface area contributed by atoms with Gasteiger partial charge in [0.2, 0.25) is 10.0 Å². The minimum atomic E-state index is -3.54. The molecule has 0 saturated heterocycles. The molecule has 1 aromatic heterocycles. The number of aromatic nitrogens is 1. The van der Waals surface area contributed by atoms with Crippen molar-refractivity contribution in [2.24, 2.45) is 0 Å². The molecule has 0 bridgehead atoms. The van der Waals surface area contributed by atoms with Crippen LogP contribution < -0.4 is 9.46 Å². The summed E-state index contributed by atoms with van der Waals surface area (Å²) < 4.78 is 33.4. The number of rotatable bonds is 7. The molecule has 0 unspecified atom stereocenters. The largest absolute Gasteiger partial charge is 0.494 e. The van der Waals surface area contributed by atoms with Crippen LogP contribution in [-0.2, 0) is 16.4 Å². The molecule has 0 amide bonds. The third kappa shape index (κ3) is 4.19. The van der Waals surface area contributed by atoms with Gasteiger partial charge in [0, 0.05) is 17.9 Å². The first-order valence-corrected chi connectivity index (χ1v) is 9.61. The summed E-state index contributed by atoms with van der Waals surface area (Å²) in [5.41, 5.74) is 4.81. The topological polar surface area (TPSA) is 71.2 Å². The van der Waals surface area contributed by atoms with Gasteiger partial charge in [0.1, 0.15) is 5.75 Å². The number of nitrogens with one attached hydrogen (secondary N) is 2. The molecule has 0 saturated carbocycles. The Morgan fingerprint density at radius 1 is 1.08 bits per heavy atom. The standard InChI is InChI=1S/C18H26N2O3S/c1-6-23-17-9-13(3)18(10-12(17)2)24(21,22)19-8-7-16-11-14(4)20-15(16)5/h9-11,19-20H,6-8H2,1-5H3. The number of aryl methyl sites for hydroxylation is 4. The molecule has 0 aliphatic rings. The van der Waals surface area contributed by atoms with Crippen LogP contribution in [0.2, 0.25) is 0 Å². The highest BCUT2D eigenvalue weighted by Gasteiger charge is 2.18. The summed E-state index contributed by atoms with van der Waals surface area (Å²) >= 11 is 0. The third-order valence-corrected chi connectivity index (χ3v) is 5.61. The number of sulfonamides is 1. The van der Waals surface area contributed by atoms with Crippen LogP contribution in [0.15, 0.2) is 23.1 Å². The monoisotopic (exact) mass is 350 g/mol. The van der Waals surface area contributed by atoms with Crippen LogP contribution in [-0.4, -0.2) is 26.6 Å². The fourth-order valence-electron chi connectivity index (χ4n) is 2.80. The Morgan fingerprint density at radius 3 is 2.38 bits per heavy atom. The summed E-state index contributed by atoms with van der Waals surface area (Å²) in [6.07, 6.45) is 0.657. The van der Waals surface area contributed by atoms with Gasteiger partial charge in [-0.15, -0.1) is 0 Å². The van der Waals surface area contributed by atoms with Gasteiger partial charge >= 0.3 is 0 Å². The predicted octanol–water partition coefficient (Wildman–Crippen LogP) is 3.17. The number of benzene rings is 1. The van der Waals surface area contributed by atoms with Gasteiger partial charge in [0.25, 0.3) is 0 Å². The summed E-state index contributed by atoms with van der Waals surface area (Å²) in [6.45, 7) is 10.5. The Bertz CT molecular complexity index is 823. The second kappa shape index (κ2) is 7.40. The number of aromatic amines is 1. The average Bonchev–Trinajstić information content (AvgIpc) is 2.80. The highest BCUT2D eigenvalue weighted by atomic mass is 32.2. The maximum atomic E-state index is 12.6. The van der Waals surface area contributed by atoms with Crippen molar-refractivity contribution < 1.29 is 13.2 Å². The summed E-state index contributed by atoms with van der Waals surface area (Å²) in [5, 5.41) is 0. The summed E-state index contributed by atoms with van der Waals surface area (Å²) in [4.78, 5) is 3.54. The first-order valence-electron chi connectivity index (χ1n) is 8.13. The van der Waals surface area contributed by atoms with Gasteiger partial charge in [-0.2, -0.15) is 0 Å². The molecule has 0 spiro atoms. The van der Waals surface area contributed by atoms with Crippen molar-refractivity contribution in [2.75, 3.05) is 13.2 Å². The number of ether oxygens (including phenoxy) is 1. The molecule has 2 aromatic rings. The van der Waals surface area contributed by atoms with Crippen LogP contribution >= 0.6 is 0 Å². The molecule has 2 rings (SSSR count). The molecule has 0 atom stereocenters. The second-order valence-corrected chi connectivity index (χ2v) is 7.80. The third-order valence-electron chi connectivity index (χ3n) is 4.01. The fourth-order valence-corrected chi connectivity index (χ4v) is 4.14. The number of hydrogen-bond acceptors (Lipinski definition) is 3. The smallest absolute Gasteiger partial charge is 0.240 e. The van der Waals surface area contributed by atoms with Crippen molar-refractivity contribution in [2.45, 2.75) is 45.9 Å². The fraction of sp³-hybridized carbons (Fsp3) is 0.444. The highest BCUT2D eigenvalue weighted by molar-refractivity contribution is 7.89. The van der Waals surface area contributed by atoms with E-state index >= 15 is 0 Å². The lowest BCUT2D eigenvalue weighted by Gasteiger charge is -2.13. The second-order valence-electron chi connectivity index (χ2n) is 6.07. The van der Waals surface area contributed by atoms with E-state index in [4.69, 9.17) is 4.74 Å².